The van der Waals surface area contributed by atoms with Gasteiger partial charge in [-0.25, -0.2) is 4.99 Å². The van der Waals surface area contributed by atoms with E-state index in [-0.39, 0.29) is 11.8 Å². The molecule has 2 N–H and O–H groups in total. The van der Waals surface area contributed by atoms with Crippen molar-refractivity contribution >= 4 is 17.8 Å². The Labute approximate surface area is 185 Å². The van der Waals surface area contributed by atoms with Gasteiger partial charge in [-0.2, -0.15) is 0 Å². The van der Waals surface area contributed by atoms with Gasteiger partial charge >= 0.3 is 0 Å². The van der Waals surface area contributed by atoms with Crippen LogP contribution >= 0.6 is 0 Å². The molecule has 2 rings (SSSR count). The van der Waals surface area contributed by atoms with Crippen molar-refractivity contribution < 1.29 is 9.59 Å². The minimum Gasteiger partial charge on any atom is -0.357 e. The number of nitrogens with zero attached hydrogens (tertiary/aromatic N) is 3. The molecule has 0 radical (unpaired) electrons. The van der Waals surface area contributed by atoms with E-state index in [2.05, 4.69) is 15.6 Å². The van der Waals surface area contributed by atoms with Gasteiger partial charge in [-0.1, -0.05) is 24.3 Å². The molecule has 0 aromatic heterocycles. The minimum absolute atomic E-state index is 0.00279. The van der Waals surface area contributed by atoms with Crippen LogP contribution in [-0.4, -0.2) is 68.9 Å². The lowest BCUT2D eigenvalue weighted by Crippen LogP contribution is -2.38. The maximum absolute atomic E-state index is 12.1. The lowest BCUT2D eigenvalue weighted by molar-refractivity contribution is 0.0820. The average Bonchev–Trinajstić information content (AvgIpc) is 2.76. The van der Waals surface area contributed by atoms with Crippen molar-refractivity contribution in [3.63, 3.8) is 0 Å². The molecule has 2 aromatic rings. The molecule has 0 aliphatic carbocycles. The highest BCUT2D eigenvalue weighted by Crippen LogP contribution is 2.09. The second-order valence-corrected chi connectivity index (χ2v) is 7.67. The predicted molar refractivity (Wildman–Crippen MR) is 125 cm³/mol. The van der Waals surface area contributed by atoms with Crippen LogP contribution in [0.3, 0.4) is 0 Å². The molecule has 166 valence electrons. The summed E-state index contributed by atoms with van der Waals surface area (Å²) in [6.07, 6.45) is 0.778. The van der Waals surface area contributed by atoms with E-state index in [1.807, 2.05) is 55.5 Å². The Kier molecular flexibility index (Phi) is 9.06. The first-order valence-corrected chi connectivity index (χ1v) is 10.4. The second-order valence-electron chi connectivity index (χ2n) is 7.67. The molecule has 0 fully saturated rings. The van der Waals surface area contributed by atoms with Crippen molar-refractivity contribution in [3.8, 4) is 0 Å². The molecule has 0 spiro atoms. The number of nitrogens with one attached hydrogen (secondary N) is 2. The maximum Gasteiger partial charge on any atom is 0.253 e. The summed E-state index contributed by atoms with van der Waals surface area (Å²) in [5, 5.41) is 6.58. The summed E-state index contributed by atoms with van der Waals surface area (Å²) < 4.78 is 0. The zero-order valence-corrected chi connectivity index (χ0v) is 19.1. The molecule has 2 amide bonds. The molecule has 2 aromatic carbocycles. The summed E-state index contributed by atoms with van der Waals surface area (Å²) in [4.78, 5) is 31.9. The summed E-state index contributed by atoms with van der Waals surface area (Å²) in [7, 11) is 6.99. The molecule has 7 heteroatoms. The molecule has 7 nitrogen and oxygen atoms in total. The molecule has 0 aliphatic rings. The number of hydrogen-bond acceptors (Lipinski definition) is 3. The van der Waals surface area contributed by atoms with Crippen LogP contribution in [0.25, 0.3) is 0 Å². The Morgan fingerprint density at radius 2 is 1.48 bits per heavy atom. The van der Waals surface area contributed by atoms with Crippen LogP contribution in [0, 0.1) is 0 Å². The van der Waals surface area contributed by atoms with Gasteiger partial charge in [0.25, 0.3) is 11.8 Å². The van der Waals surface area contributed by atoms with Crippen molar-refractivity contribution in [3.05, 3.63) is 70.8 Å². The standard InChI is InChI=1S/C24H33N5O2/c1-6-25-24(27-17-19-10-12-20(13-11-19)22(30)28(2)3)26-15-14-18-8-7-9-21(16-18)23(31)29(4)5/h7-13,16H,6,14-15,17H2,1-5H3,(H2,25,26,27). The third-order valence-corrected chi connectivity index (χ3v) is 4.66. The smallest absolute Gasteiger partial charge is 0.253 e. The second kappa shape index (κ2) is 11.7. The van der Waals surface area contributed by atoms with Gasteiger partial charge in [0.1, 0.15) is 0 Å². The minimum atomic E-state index is -0.0126. The first-order chi connectivity index (χ1) is 14.8. The average molecular weight is 424 g/mol. The molecule has 0 saturated heterocycles. The van der Waals surface area contributed by atoms with Crippen LogP contribution in [0.2, 0.25) is 0 Å². The number of guanidine groups is 1. The predicted octanol–water partition coefficient (Wildman–Crippen LogP) is 2.39. The van der Waals surface area contributed by atoms with Crippen molar-refractivity contribution in [1.82, 2.24) is 20.4 Å². The first-order valence-electron chi connectivity index (χ1n) is 10.4. The Morgan fingerprint density at radius 1 is 0.839 bits per heavy atom. The number of hydrogen-bond donors (Lipinski definition) is 2. The molecule has 0 unspecified atom stereocenters. The lowest BCUT2D eigenvalue weighted by Gasteiger charge is -2.13. The quantitative estimate of drug-likeness (QED) is 0.505. The van der Waals surface area contributed by atoms with Crippen LogP contribution < -0.4 is 10.6 Å². The zero-order valence-electron chi connectivity index (χ0n) is 19.1. The molecule has 31 heavy (non-hydrogen) atoms. The first kappa shape index (κ1) is 23.9. The Balaban J connectivity index is 1.94. The van der Waals surface area contributed by atoms with Crippen LogP contribution in [0.4, 0.5) is 0 Å². The molecule has 0 heterocycles. The van der Waals surface area contributed by atoms with Gasteiger partial charge < -0.3 is 20.4 Å². The van der Waals surface area contributed by atoms with Gasteiger partial charge in [0.15, 0.2) is 5.96 Å². The van der Waals surface area contributed by atoms with Gasteiger partial charge in [0.2, 0.25) is 0 Å². The monoisotopic (exact) mass is 423 g/mol. The summed E-state index contributed by atoms with van der Waals surface area (Å²) >= 11 is 0. The van der Waals surface area contributed by atoms with Gasteiger partial charge in [0, 0.05) is 52.4 Å². The van der Waals surface area contributed by atoms with E-state index in [0.717, 1.165) is 30.1 Å². The Hall–Kier alpha value is -3.35. The van der Waals surface area contributed by atoms with Crippen molar-refractivity contribution in [2.45, 2.75) is 19.9 Å². The summed E-state index contributed by atoms with van der Waals surface area (Å²) in [6, 6.07) is 15.2. The highest BCUT2D eigenvalue weighted by molar-refractivity contribution is 5.94. The molecule has 0 atom stereocenters. The topological polar surface area (TPSA) is 77.0 Å². The summed E-state index contributed by atoms with van der Waals surface area (Å²) in [6.45, 7) is 3.99. The highest BCUT2D eigenvalue weighted by atomic mass is 16.2. The lowest BCUT2D eigenvalue weighted by atomic mass is 10.1. The van der Waals surface area contributed by atoms with E-state index in [4.69, 9.17) is 0 Å². The molecular weight excluding hydrogens is 390 g/mol. The number of carbonyl (C=O) groups excluding carboxylic acids is 2. The number of aliphatic imine (C=N–C) groups is 1. The van der Waals surface area contributed by atoms with E-state index in [0.29, 0.717) is 24.2 Å². The molecular formula is C24H33N5O2. The summed E-state index contributed by atoms with van der Waals surface area (Å²) in [5.74, 6) is 0.723. The molecule has 0 saturated carbocycles. The van der Waals surface area contributed by atoms with E-state index in [9.17, 15) is 9.59 Å². The molecule has 0 bridgehead atoms. The van der Waals surface area contributed by atoms with Gasteiger partial charge in [-0.3, -0.25) is 9.59 Å². The van der Waals surface area contributed by atoms with Gasteiger partial charge in [-0.15, -0.1) is 0 Å². The van der Waals surface area contributed by atoms with Crippen LogP contribution in [0.15, 0.2) is 53.5 Å². The fourth-order valence-corrected chi connectivity index (χ4v) is 2.97. The fraction of sp³-hybridized carbons (Fsp3) is 0.375. The van der Waals surface area contributed by atoms with Gasteiger partial charge in [-0.05, 0) is 48.7 Å². The maximum atomic E-state index is 12.1. The van der Waals surface area contributed by atoms with E-state index in [1.54, 1.807) is 38.0 Å². The third kappa shape index (κ3) is 7.44. The zero-order chi connectivity index (χ0) is 22.8. The number of benzene rings is 2. The normalized spacial score (nSPS) is 11.1. The van der Waals surface area contributed by atoms with Crippen molar-refractivity contribution in [1.29, 1.82) is 0 Å². The third-order valence-electron chi connectivity index (χ3n) is 4.66. The summed E-state index contributed by atoms with van der Waals surface area (Å²) in [5.41, 5.74) is 3.48. The Morgan fingerprint density at radius 3 is 2.10 bits per heavy atom. The van der Waals surface area contributed by atoms with Crippen LogP contribution in [-0.2, 0) is 13.0 Å². The van der Waals surface area contributed by atoms with E-state index >= 15 is 0 Å². The number of carbonyl (C=O) groups is 2. The fourth-order valence-electron chi connectivity index (χ4n) is 2.97. The van der Waals surface area contributed by atoms with E-state index in [1.165, 1.54) is 0 Å². The van der Waals surface area contributed by atoms with E-state index < -0.39 is 0 Å². The van der Waals surface area contributed by atoms with Crippen LogP contribution in [0.1, 0.15) is 38.8 Å². The SMILES string of the molecule is CCNC(=NCc1ccc(C(=O)N(C)C)cc1)NCCc1cccc(C(=O)N(C)C)c1. The van der Waals surface area contributed by atoms with Crippen LogP contribution in [0.5, 0.6) is 0 Å². The van der Waals surface area contributed by atoms with Crippen molar-refractivity contribution in [2.24, 2.45) is 4.99 Å². The van der Waals surface area contributed by atoms with Gasteiger partial charge in [0.05, 0.1) is 6.54 Å². The van der Waals surface area contributed by atoms with Crippen molar-refractivity contribution in [2.75, 3.05) is 41.3 Å². The largest absolute Gasteiger partial charge is 0.357 e. The highest BCUT2D eigenvalue weighted by Gasteiger charge is 2.09. The number of rotatable bonds is 8. The number of amides is 2. The Bertz CT molecular complexity index is 904. The molecule has 0 aliphatic heterocycles.